The number of aliphatic imine (C=N–C) groups is 1. The number of hydrogen-bond acceptors (Lipinski definition) is 9. The second-order valence-corrected chi connectivity index (χ2v) is 10.5. The SMILES string of the molecule is CCC1=C(C(=O)OC)[C@@H](c2ccc(OCc3ccccc3)c(OC)c2)N2C(CC(=O)NCCN(C)C)=CSC2=N1. The van der Waals surface area contributed by atoms with Gasteiger partial charge in [0.05, 0.1) is 38.0 Å². The summed E-state index contributed by atoms with van der Waals surface area (Å²) in [5.74, 6) is 0.574. The molecule has 212 valence electrons. The van der Waals surface area contributed by atoms with Gasteiger partial charge in [-0.25, -0.2) is 9.79 Å². The molecule has 0 aromatic heterocycles. The number of likely N-dealkylation sites (N-methyl/N-ethyl adjacent to an activating group) is 1. The number of methoxy groups -OCH3 is 2. The zero-order chi connectivity index (χ0) is 28.6. The van der Waals surface area contributed by atoms with Gasteiger partial charge in [0.25, 0.3) is 0 Å². The number of nitrogens with one attached hydrogen (secondary N) is 1. The molecule has 2 heterocycles. The molecule has 4 rings (SSSR count). The molecule has 0 unspecified atom stereocenters. The number of benzene rings is 2. The highest BCUT2D eigenvalue weighted by Gasteiger charge is 2.41. The van der Waals surface area contributed by atoms with E-state index in [-0.39, 0.29) is 12.3 Å². The van der Waals surface area contributed by atoms with E-state index in [0.717, 1.165) is 23.4 Å². The number of rotatable bonds is 12. The van der Waals surface area contributed by atoms with Crippen LogP contribution >= 0.6 is 11.8 Å². The van der Waals surface area contributed by atoms with Gasteiger partial charge in [0.15, 0.2) is 16.7 Å². The van der Waals surface area contributed by atoms with Crippen molar-refractivity contribution in [3.8, 4) is 11.5 Å². The highest BCUT2D eigenvalue weighted by atomic mass is 32.2. The van der Waals surface area contributed by atoms with Crippen LogP contribution in [-0.2, 0) is 20.9 Å². The number of nitrogens with zero attached hydrogens (tertiary/aromatic N) is 3. The molecule has 0 spiro atoms. The van der Waals surface area contributed by atoms with Crippen molar-refractivity contribution < 1.29 is 23.8 Å². The number of allylic oxidation sites excluding steroid dienone is 1. The van der Waals surface area contributed by atoms with Gasteiger partial charge in [-0.1, -0.05) is 55.1 Å². The van der Waals surface area contributed by atoms with E-state index in [1.807, 2.05) is 84.8 Å². The smallest absolute Gasteiger partial charge is 0.338 e. The van der Waals surface area contributed by atoms with Gasteiger partial charge in [-0.15, -0.1) is 0 Å². The van der Waals surface area contributed by atoms with Crippen molar-refractivity contribution in [1.82, 2.24) is 15.1 Å². The third kappa shape index (κ3) is 6.68. The molecular weight excluding hydrogens is 528 g/mol. The van der Waals surface area contributed by atoms with E-state index in [2.05, 4.69) is 5.32 Å². The third-order valence-corrected chi connectivity index (χ3v) is 7.48. The van der Waals surface area contributed by atoms with Gasteiger partial charge < -0.3 is 29.3 Å². The van der Waals surface area contributed by atoms with Gasteiger partial charge in [-0.3, -0.25) is 4.79 Å². The summed E-state index contributed by atoms with van der Waals surface area (Å²) >= 11 is 1.45. The van der Waals surface area contributed by atoms with E-state index < -0.39 is 12.0 Å². The molecule has 2 aliphatic heterocycles. The molecule has 40 heavy (non-hydrogen) atoms. The van der Waals surface area contributed by atoms with E-state index >= 15 is 0 Å². The lowest BCUT2D eigenvalue weighted by atomic mass is 9.92. The Labute approximate surface area is 239 Å². The molecule has 0 fully saturated rings. The van der Waals surface area contributed by atoms with E-state index in [1.165, 1.54) is 18.9 Å². The molecule has 9 nitrogen and oxygen atoms in total. The van der Waals surface area contributed by atoms with Crippen LogP contribution in [0.1, 0.15) is 36.9 Å². The summed E-state index contributed by atoms with van der Waals surface area (Å²) in [6.07, 6.45) is 0.704. The largest absolute Gasteiger partial charge is 0.493 e. The van der Waals surface area contributed by atoms with Gasteiger partial charge >= 0.3 is 5.97 Å². The Morgan fingerprint density at radius 3 is 2.55 bits per heavy atom. The first-order chi connectivity index (χ1) is 19.4. The molecule has 0 saturated carbocycles. The number of amidine groups is 1. The monoisotopic (exact) mass is 564 g/mol. The normalized spacial score (nSPS) is 16.4. The fourth-order valence-electron chi connectivity index (χ4n) is 4.58. The zero-order valence-electron chi connectivity index (χ0n) is 23.6. The first-order valence-corrected chi connectivity index (χ1v) is 14.0. The van der Waals surface area contributed by atoms with Crippen molar-refractivity contribution in [2.75, 3.05) is 41.4 Å². The minimum absolute atomic E-state index is 0.0965. The molecule has 2 aromatic carbocycles. The fourth-order valence-corrected chi connectivity index (χ4v) is 5.52. The molecule has 1 amide bonds. The minimum atomic E-state index is -0.553. The van der Waals surface area contributed by atoms with Crippen LogP contribution in [0.5, 0.6) is 11.5 Å². The lowest BCUT2D eigenvalue weighted by Crippen LogP contribution is -2.38. The molecule has 1 atom stereocenters. The number of fused-ring (bicyclic) bond motifs is 1. The quantitative estimate of drug-likeness (QED) is 0.378. The number of thioether (sulfide) groups is 1. The lowest BCUT2D eigenvalue weighted by molar-refractivity contribution is -0.136. The van der Waals surface area contributed by atoms with Gasteiger partial charge in [0.2, 0.25) is 5.91 Å². The Balaban J connectivity index is 1.67. The fraction of sp³-hybridized carbons (Fsp3) is 0.367. The summed E-state index contributed by atoms with van der Waals surface area (Å²) in [5.41, 5.74) is 3.69. The second kappa shape index (κ2) is 13.5. The average molecular weight is 565 g/mol. The zero-order valence-corrected chi connectivity index (χ0v) is 24.4. The predicted molar refractivity (Wildman–Crippen MR) is 157 cm³/mol. The van der Waals surface area contributed by atoms with Crippen molar-refractivity contribution >= 4 is 28.8 Å². The average Bonchev–Trinajstić information content (AvgIpc) is 3.36. The molecule has 0 radical (unpaired) electrons. The number of amides is 1. The predicted octanol–water partition coefficient (Wildman–Crippen LogP) is 4.48. The first-order valence-electron chi connectivity index (χ1n) is 13.2. The lowest BCUT2D eigenvalue weighted by Gasteiger charge is -2.36. The topological polar surface area (TPSA) is 92.7 Å². The van der Waals surface area contributed by atoms with Crippen molar-refractivity contribution in [2.24, 2.45) is 4.99 Å². The molecule has 0 bridgehead atoms. The number of carbonyl (C=O) groups excluding carboxylic acids is 2. The summed E-state index contributed by atoms with van der Waals surface area (Å²) < 4.78 is 17.0. The number of ether oxygens (including phenoxy) is 3. The van der Waals surface area contributed by atoms with Crippen LogP contribution < -0.4 is 14.8 Å². The van der Waals surface area contributed by atoms with Crippen molar-refractivity contribution in [1.29, 1.82) is 0 Å². The van der Waals surface area contributed by atoms with Crippen LogP contribution in [0, 0.1) is 0 Å². The molecular formula is C30H36N4O5S. The molecule has 10 heteroatoms. The van der Waals surface area contributed by atoms with Gasteiger partial charge in [0.1, 0.15) is 6.61 Å². The van der Waals surface area contributed by atoms with E-state index in [4.69, 9.17) is 19.2 Å². The van der Waals surface area contributed by atoms with Crippen LogP contribution in [0.2, 0.25) is 0 Å². The summed E-state index contributed by atoms with van der Waals surface area (Å²) in [6, 6.07) is 15.0. The second-order valence-electron chi connectivity index (χ2n) is 9.61. The number of hydrogen-bond donors (Lipinski definition) is 1. The Hall–Kier alpha value is -3.76. The third-order valence-electron chi connectivity index (χ3n) is 6.59. The van der Waals surface area contributed by atoms with Crippen LogP contribution in [0.3, 0.4) is 0 Å². The minimum Gasteiger partial charge on any atom is -0.493 e. The van der Waals surface area contributed by atoms with Crippen LogP contribution in [0.4, 0.5) is 0 Å². The van der Waals surface area contributed by atoms with Crippen LogP contribution in [0.25, 0.3) is 0 Å². The van der Waals surface area contributed by atoms with Crippen molar-refractivity contribution in [3.05, 3.63) is 82.0 Å². The van der Waals surface area contributed by atoms with E-state index in [9.17, 15) is 9.59 Å². The van der Waals surface area contributed by atoms with Gasteiger partial charge in [-0.05, 0) is 49.2 Å². The Bertz CT molecular complexity index is 1320. The summed E-state index contributed by atoms with van der Waals surface area (Å²) in [6.45, 7) is 3.64. The van der Waals surface area contributed by atoms with Gasteiger partial charge in [0, 0.05) is 18.8 Å². The Kier molecular flexibility index (Phi) is 9.89. The first kappa shape index (κ1) is 29.2. The van der Waals surface area contributed by atoms with E-state index in [0.29, 0.717) is 47.5 Å². The maximum Gasteiger partial charge on any atom is 0.338 e. The number of carbonyl (C=O) groups is 2. The van der Waals surface area contributed by atoms with Crippen molar-refractivity contribution in [2.45, 2.75) is 32.4 Å². The highest BCUT2D eigenvalue weighted by Crippen LogP contribution is 2.46. The number of esters is 1. The highest BCUT2D eigenvalue weighted by molar-refractivity contribution is 8.16. The summed E-state index contributed by atoms with van der Waals surface area (Å²) in [5, 5.41) is 5.62. The Morgan fingerprint density at radius 1 is 1.10 bits per heavy atom. The van der Waals surface area contributed by atoms with Crippen LogP contribution in [-0.4, -0.2) is 68.2 Å². The molecule has 2 aliphatic rings. The van der Waals surface area contributed by atoms with Gasteiger partial charge in [-0.2, -0.15) is 0 Å². The molecule has 2 aromatic rings. The maximum atomic E-state index is 13.2. The molecule has 1 N–H and O–H groups in total. The summed E-state index contributed by atoms with van der Waals surface area (Å²) in [4.78, 5) is 34.8. The molecule has 0 aliphatic carbocycles. The standard InChI is InChI=1S/C30H36N4O5S/c1-6-23-27(29(36)38-5)28(34-22(19-40-30(34)32-23)17-26(35)31-14-15-33(2)3)21-12-13-24(25(16-21)37-4)39-18-20-10-8-7-9-11-20/h7-13,16,19,28H,6,14-15,17-18H2,1-5H3,(H,31,35)/t28-/m1/s1. The summed E-state index contributed by atoms with van der Waals surface area (Å²) in [7, 11) is 6.88. The van der Waals surface area contributed by atoms with Crippen LogP contribution in [0.15, 0.2) is 75.9 Å². The maximum absolute atomic E-state index is 13.2. The molecule has 0 saturated heterocycles. The van der Waals surface area contributed by atoms with E-state index in [1.54, 1.807) is 7.11 Å². The Morgan fingerprint density at radius 2 is 1.88 bits per heavy atom. The van der Waals surface area contributed by atoms with Crippen molar-refractivity contribution in [3.63, 3.8) is 0 Å².